The third-order valence-corrected chi connectivity index (χ3v) is 7.54. The molecule has 2 heterocycles. The quantitative estimate of drug-likeness (QED) is 0.520. The van der Waals surface area contributed by atoms with Crippen LogP contribution in [0.25, 0.3) is 0 Å². The highest BCUT2D eigenvalue weighted by Crippen LogP contribution is 2.37. The summed E-state index contributed by atoms with van der Waals surface area (Å²) >= 11 is 0. The second-order valence-corrected chi connectivity index (χ2v) is 10.0. The lowest BCUT2D eigenvalue weighted by molar-refractivity contribution is -0.384. The van der Waals surface area contributed by atoms with Crippen LogP contribution in [0.2, 0.25) is 0 Å². The van der Waals surface area contributed by atoms with E-state index in [1.165, 1.54) is 8.61 Å². The Morgan fingerprint density at radius 1 is 1.03 bits per heavy atom. The standard InChI is InChI=1S/C18H25F3N4O4S/c1-13-9-14(2)12-24(11-13)30(28,29)23-7-5-22(6-8-23)16-4-3-15(18(19,20)21)10-17(16)25(26)27/h3-4,10,13-14H,5-9,11-12H2,1-2H3/t13-,14+. The Labute approximate surface area is 173 Å². The zero-order chi connectivity index (χ0) is 22.3. The van der Waals surface area contributed by atoms with Gasteiger partial charge in [0.05, 0.1) is 10.5 Å². The van der Waals surface area contributed by atoms with Crippen LogP contribution in [0.1, 0.15) is 25.8 Å². The predicted octanol–water partition coefficient (Wildman–Crippen LogP) is 2.96. The maximum absolute atomic E-state index is 13.0. The van der Waals surface area contributed by atoms with Crippen molar-refractivity contribution in [2.75, 3.05) is 44.2 Å². The average Bonchev–Trinajstić information content (AvgIpc) is 2.66. The molecule has 0 N–H and O–H groups in total. The summed E-state index contributed by atoms with van der Waals surface area (Å²) in [6.45, 7) is 5.47. The van der Waals surface area contributed by atoms with E-state index in [1.54, 1.807) is 4.90 Å². The molecular formula is C18H25F3N4O4S. The molecule has 30 heavy (non-hydrogen) atoms. The van der Waals surface area contributed by atoms with Crippen molar-refractivity contribution in [2.24, 2.45) is 11.8 Å². The number of nitro groups is 1. The van der Waals surface area contributed by atoms with Gasteiger partial charge in [0, 0.05) is 45.3 Å². The Balaban J connectivity index is 1.75. The van der Waals surface area contributed by atoms with Gasteiger partial charge < -0.3 is 4.90 Å². The van der Waals surface area contributed by atoms with Crippen molar-refractivity contribution in [3.8, 4) is 0 Å². The number of piperidine rings is 1. The molecule has 168 valence electrons. The fourth-order valence-electron chi connectivity index (χ4n) is 4.23. The summed E-state index contributed by atoms with van der Waals surface area (Å²) in [4.78, 5) is 12.1. The van der Waals surface area contributed by atoms with Crippen molar-refractivity contribution in [2.45, 2.75) is 26.4 Å². The third-order valence-electron chi connectivity index (χ3n) is 5.57. The number of hydrogen-bond donors (Lipinski definition) is 0. The zero-order valence-electron chi connectivity index (χ0n) is 16.8. The molecule has 8 nitrogen and oxygen atoms in total. The maximum Gasteiger partial charge on any atom is 0.416 e. The van der Waals surface area contributed by atoms with E-state index in [4.69, 9.17) is 0 Å². The van der Waals surface area contributed by atoms with Crippen molar-refractivity contribution in [3.63, 3.8) is 0 Å². The Bertz CT molecular complexity index is 891. The van der Waals surface area contributed by atoms with Crippen molar-refractivity contribution in [1.29, 1.82) is 0 Å². The van der Waals surface area contributed by atoms with Crippen molar-refractivity contribution >= 4 is 21.6 Å². The monoisotopic (exact) mass is 450 g/mol. The molecule has 0 bridgehead atoms. The summed E-state index contributed by atoms with van der Waals surface area (Å²) in [6.07, 6.45) is -3.71. The Hall–Kier alpha value is -1.92. The van der Waals surface area contributed by atoms with Gasteiger partial charge in [-0.25, -0.2) is 0 Å². The minimum atomic E-state index is -4.68. The van der Waals surface area contributed by atoms with Gasteiger partial charge in [0.2, 0.25) is 0 Å². The second kappa shape index (κ2) is 8.31. The smallest absolute Gasteiger partial charge is 0.363 e. The van der Waals surface area contributed by atoms with Crippen LogP contribution in [0, 0.1) is 22.0 Å². The molecule has 0 radical (unpaired) electrons. The number of anilines is 1. The van der Waals surface area contributed by atoms with Crippen molar-refractivity contribution in [3.05, 3.63) is 33.9 Å². The molecule has 1 aromatic rings. The summed E-state index contributed by atoms with van der Waals surface area (Å²) in [5.74, 6) is 0.527. The van der Waals surface area contributed by atoms with Gasteiger partial charge in [-0.15, -0.1) is 0 Å². The van der Waals surface area contributed by atoms with Crippen LogP contribution < -0.4 is 4.90 Å². The fraction of sp³-hybridized carbons (Fsp3) is 0.667. The summed E-state index contributed by atoms with van der Waals surface area (Å²) in [5, 5.41) is 11.3. The molecule has 0 unspecified atom stereocenters. The minimum absolute atomic E-state index is 0.0604. The molecule has 2 saturated heterocycles. The first-order chi connectivity index (χ1) is 13.9. The van der Waals surface area contributed by atoms with Crippen molar-refractivity contribution in [1.82, 2.24) is 8.61 Å². The van der Waals surface area contributed by atoms with Gasteiger partial charge in [0.1, 0.15) is 5.69 Å². The van der Waals surface area contributed by atoms with E-state index in [0.29, 0.717) is 19.2 Å². The lowest BCUT2D eigenvalue weighted by Crippen LogP contribution is -2.55. The molecular weight excluding hydrogens is 425 g/mol. The predicted molar refractivity (Wildman–Crippen MR) is 105 cm³/mol. The number of halogens is 3. The molecule has 2 fully saturated rings. The molecule has 0 aromatic heterocycles. The van der Waals surface area contributed by atoms with E-state index >= 15 is 0 Å². The molecule has 3 rings (SSSR count). The Kier molecular flexibility index (Phi) is 6.30. The van der Waals surface area contributed by atoms with Crippen molar-refractivity contribution < 1.29 is 26.5 Å². The van der Waals surface area contributed by atoms with E-state index in [2.05, 4.69) is 0 Å². The van der Waals surface area contributed by atoms with Gasteiger partial charge in [-0.3, -0.25) is 10.1 Å². The molecule has 12 heteroatoms. The first-order valence-electron chi connectivity index (χ1n) is 9.75. The maximum atomic E-state index is 13.0. The number of hydrogen-bond acceptors (Lipinski definition) is 5. The minimum Gasteiger partial charge on any atom is -0.363 e. The third kappa shape index (κ3) is 4.70. The molecule has 2 atom stereocenters. The Morgan fingerprint density at radius 2 is 1.60 bits per heavy atom. The lowest BCUT2D eigenvalue weighted by Gasteiger charge is -2.40. The number of alkyl halides is 3. The molecule has 0 saturated carbocycles. The van der Waals surface area contributed by atoms with E-state index < -0.39 is 32.6 Å². The highest BCUT2D eigenvalue weighted by atomic mass is 32.2. The van der Waals surface area contributed by atoms with Gasteiger partial charge in [0.25, 0.3) is 15.9 Å². The zero-order valence-corrected chi connectivity index (χ0v) is 17.6. The number of piperazine rings is 1. The number of nitro benzene ring substituents is 1. The molecule has 0 aliphatic carbocycles. The summed E-state index contributed by atoms with van der Waals surface area (Å²) in [6, 6.07) is 2.41. The van der Waals surface area contributed by atoms with Gasteiger partial charge >= 0.3 is 6.18 Å². The van der Waals surface area contributed by atoms with Gasteiger partial charge in [0.15, 0.2) is 0 Å². The van der Waals surface area contributed by atoms with Crippen LogP contribution >= 0.6 is 0 Å². The highest BCUT2D eigenvalue weighted by molar-refractivity contribution is 7.86. The average molecular weight is 450 g/mol. The Morgan fingerprint density at radius 3 is 2.10 bits per heavy atom. The van der Waals surface area contributed by atoms with Crippen LogP contribution in [0.5, 0.6) is 0 Å². The summed E-state index contributed by atoms with van der Waals surface area (Å²) in [5.41, 5.74) is -1.67. The molecule has 2 aliphatic heterocycles. The fourth-order valence-corrected chi connectivity index (χ4v) is 6.07. The van der Waals surface area contributed by atoms with Gasteiger partial charge in [-0.05, 0) is 30.4 Å². The molecule has 0 spiro atoms. The lowest BCUT2D eigenvalue weighted by atomic mass is 9.94. The highest BCUT2D eigenvalue weighted by Gasteiger charge is 2.38. The van der Waals surface area contributed by atoms with E-state index in [1.807, 2.05) is 13.8 Å². The van der Waals surface area contributed by atoms with E-state index in [9.17, 15) is 31.7 Å². The molecule has 2 aliphatic rings. The van der Waals surface area contributed by atoms with Crippen LogP contribution in [0.3, 0.4) is 0 Å². The van der Waals surface area contributed by atoms with Crippen LogP contribution in [-0.2, 0) is 16.4 Å². The normalized spacial score (nSPS) is 24.8. The van der Waals surface area contributed by atoms with E-state index in [-0.39, 0.29) is 43.7 Å². The summed E-state index contributed by atoms with van der Waals surface area (Å²) in [7, 11) is -3.65. The van der Waals surface area contributed by atoms with Gasteiger partial charge in [-0.1, -0.05) is 13.8 Å². The number of rotatable bonds is 4. The summed E-state index contributed by atoms with van der Waals surface area (Å²) < 4.78 is 67.6. The molecule has 1 aromatic carbocycles. The topological polar surface area (TPSA) is 87.0 Å². The second-order valence-electron chi connectivity index (χ2n) is 8.12. The van der Waals surface area contributed by atoms with E-state index in [0.717, 1.165) is 18.6 Å². The van der Waals surface area contributed by atoms with Crippen LogP contribution in [0.15, 0.2) is 18.2 Å². The van der Waals surface area contributed by atoms with Crippen LogP contribution in [0.4, 0.5) is 24.5 Å². The van der Waals surface area contributed by atoms with Crippen LogP contribution in [-0.4, -0.2) is 61.2 Å². The first-order valence-corrected chi connectivity index (χ1v) is 11.1. The molecule has 0 amide bonds. The van der Waals surface area contributed by atoms with Gasteiger partial charge in [-0.2, -0.15) is 30.2 Å². The largest absolute Gasteiger partial charge is 0.416 e. The number of benzene rings is 1. The SMILES string of the molecule is C[C@@H]1C[C@H](C)CN(S(=O)(=O)N2CCN(c3ccc(C(F)(F)F)cc3[N+](=O)[O-])CC2)C1. The first kappa shape index (κ1) is 22.8. The number of nitrogens with zero attached hydrogens (tertiary/aromatic N) is 4.